The summed E-state index contributed by atoms with van der Waals surface area (Å²) in [6, 6.07) is 67.7. The minimum atomic E-state index is 0.608. The molecule has 63 heavy (non-hydrogen) atoms. The van der Waals surface area contributed by atoms with Crippen molar-refractivity contribution in [1.82, 2.24) is 34.1 Å². The highest BCUT2D eigenvalue weighted by Gasteiger charge is 2.23. The number of hydrogen-bond donors (Lipinski definition) is 0. The van der Waals surface area contributed by atoms with E-state index in [4.69, 9.17) is 24.9 Å². The topological polar surface area (TPSA) is 74.3 Å². The number of rotatable bonds is 6. The second-order valence-corrected chi connectivity index (χ2v) is 16.8. The van der Waals surface area contributed by atoms with Crippen molar-refractivity contribution < 1.29 is 0 Å². The van der Waals surface area contributed by atoms with E-state index in [9.17, 15) is 0 Å². The quantitative estimate of drug-likeness (QED) is 0.167. The molecular weight excluding hydrogens is 791 g/mol. The van der Waals surface area contributed by atoms with Gasteiger partial charge in [-0.15, -0.1) is 11.3 Å². The molecule has 0 atom stereocenters. The molecule has 13 aromatic rings. The van der Waals surface area contributed by atoms with Gasteiger partial charge in [0.2, 0.25) is 5.95 Å². The Balaban J connectivity index is 1.02. The van der Waals surface area contributed by atoms with Crippen LogP contribution in [0.5, 0.6) is 0 Å². The Morgan fingerprint density at radius 1 is 0.365 bits per heavy atom. The fraction of sp³-hybridized carbons (Fsp3) is 0. The van der Waals surface area contributed by atoms with E-state index in [1.54, 1.807) is 0 Å². The number of aromatic nitrogens is 7. The molecule has 8 aromatic carbocycles. The maximum Gasteiger partial charge on any atom is 0.235 e. The van der Waals surface area contributed by atoms with Crippen LogP contribution in [-0.4, -0.2) is 34.1 Å². The van der Waals surface area contributed by atoms with E-state index in [0.717, 1.165) is 77.2 Å². The molecule has 13 rings (SSSR count). The molecule has 5 heterocycles. The Labute approximate surface area is 364 Å². The van der Waals surface area contributed by atoms with E-state index in [1.807, 2.05) is 84.3 Å². The van der Waals surface area contributed by atoms with Crippen molar-refractivity contribution in [2.75, 3.05) is 0 Å². The van der Waals surface area contributed by atoms with Gasteiger partial charge in [-0.1, -0.05) is 140 Å². The van der Waals surface area contributed by atoms with Gasteiger partial charge in [0.25, 0.3) is 0 Å². The molecule has 0 bridgehead atoms. The lowest BCUT2D eigenvalue weighted by atomic mass is 10.1. The number of hydrogen-bond acceptors (Lipinski definition) is 6. The summed E-state index contributed by atoms with van der Waals surface area (Å²) >= 11 is 1.82. The van der Waals surface area contributed by atoms with Crippen molar-refractivity contribution in [3.8, 4) is 57.1 Å². The van der Waals surface area contributed by atoms with Crippen molar-refractivity contribution in [2.45, 2.75) is 0 Å². The van der Waals surface area contributed by atoms with E-state index < -0.39 is 0 Å². The summed E-state index contributed by atoms with van der Waals surface area (Å²) in [5.74, 6) is 2.49. The van der Waals surface area contributed by atoms with Crippen molar-refractivity contribution in [3.05, 3.63) is 200 Å². The van der Waals surface area contributed by atoms with Crippen LogP contribution in [0.4, 0.5) is 0 Å². The molecular formula is C55H33N7S. The Kier molecular flexibility index (Phi) is 7.94. The molecule has 5 aromatic heterocycles. The highest BCUT2D eigenvalue weighted by Crippen LogP contribution is 2.42. The van der Waals surface area contributed by atoms with Gasteiger partial charge in [-0.25, -0.2) is 24.9 Å². The molecule has 7 nitrogen and oxygen atoms in total. The third-order valence-corrected chi connectivity index (χ3v) is 13.2. The molecule has 0 saturated heterocycles. The summed E-state index contributed by atoms with van der Waals surface area (Å²) in [4.78, 5) is 25.4. The smallest absolute Gasteiger partial charge is 0.235 e. The van der Waals surface area contributed by atoms with Crippen LogP contribution in [0.15, 0.2) is 200 Å². The summed E-state index contributed by atoms with van der Waals surface area (Å²) < 4.78 is 7.16. The van der Waals surface area contributed by atoms with Crippen LogP contribution < -0.4 is 0 Å². The summed E-state index contributed by atoms with van der Waals surface area (Å²) in [6.45, 7) is 0. The SMILES string of the molecule is c1ccc(-c2nc(-c3ccccc3)nc(-c3cccc(-n4c5ccccc5c5c4ccc4c6ccccc6n(-c6nccc(-c7ccc8sc9ccccc9c8c7)n6)c45)c3)n2)cc1. The zero-order valence-electron chi connectivity index (χ0n) is 33.6. The molecule has 0 aliphatic rings. The largest absolute Gasteiger partial charge is 0.309 e. The van der Waals surface area contributed by atoms with E-state index in [0.29, 0.717) is 23.4 Å². The predicted molar refractivity (Wildman–Crippen MR) is 259 cm³/mol. The highest BCUT2D eigenvalue weighted by molar-refractivity contribution is 7.25. The van der Waals surface area contributed by atoms with Gasteiger partial charge in [0.05, 0.1) is 27.8 Å². The van der Waals surface area contributed by atoms with Crippen LogP contribution >= 0.6 is 11.3 Å². The molecule has 0 saturated carbocycles. The molecule has 0 aliphatic carbocycles. The van der Waals surface area contributed by atoms with Gasteiger partial charge in [-0.05, 0) is 54.6 Å². The van der Waals surface area contributed by atoms with E-state index in [-0.39, 0.29) is 0 Å². The summed E-state index contributed by atoms with van der Waals surface area (Å²) in [5, 5.41) is 7.06. The number of benzene rings is 8. The molecule has 8 heteroatoms. The van der Waals surface area contributed by atoms with E-state index in [1.165, 1.54) is 20.2 Å². The van der Waals surface area contributed by atoms with Crippen LogP contribution in [0.3, 0.4) is 0 Å². The van der Waals surface area contributed by atoms with Gasteiger partial charge in [-0.2, -0.15) is 0 Å². The first-order valence-electron chi connectivity index (χ1n) is 20.9. The lowest BCUT2D eigenvalue weighted by Gasteiger charge is -2.12. The van der Waals surface area contributed by atoms with Crippen molar-refractivity contribution in [1.29, 1.82) is 0 Å². The summed E-state index contributed by atoms with van der Waals surface area (Å²) in [5.41, 5.74) is 9.96. The third-order valence-electron chi connectivity index (χ3n) is 12.0. The van der Waals surface area contributed by atoms with Gasteiger partial charge in [0.1, 0.15) is 0 Å². The molecule has 0 unspecified atom stereocenters. The first-order valence-corrected chi connectivity index (χ1v) is 21.7. The first-order chi connectivity index (χ1) is 31.2. The van der Waals surface area contributed by atoms with Gasteiger partial charge in [0, 0.05) is 75.9 Å². The predicted octanol–water partition coefficient (Wildman–Crippen LogP) is 13.9. The zero-order valence-corrected chi connectivity index (χ0v) is 34.4. The van der Waals surface area contributed by atoms with Crippen LogP contribution in [-0.2, 0) is 0 Å². The van der Waals surface area contributed by atoms with Crippen molar-refractivity contribution in [3.63, 3.8) is 0 Å². The standard InChI is InChI=1S/C55H33N7S/c1-3-14-34(15-4-1)52-58-53(35-16-5-2-6-17-35)60-54(59-52)37-18-13-19-38(32-37)61-46-24-11-8-22-42(46)50-47(61)28-27-41-39-20-7-10-23-45(39)62(51(41)50)55-56-31-30-44(57-55)36-26-29-49-43(33-36)40-21-9-12-25-48(40)63-49/h1-33H. The lowest BCUT2D eigenvalue weighted by Crippen LogP contribution is -2.02. The lowest BCUT2D eigenvalue weighted by molar-refractivity contribution is 0.994. The van der Waals surface area contributed by atoms with Crippen LogP contribution in [0, 0.1) is 0 Å². The number of fused-ring (bicyclic) bond motifs is 10. The van der Waals surface area contributed by atoms with Gasteiger partial charge in [-0.3, -0.25) is 4.57 Å². The minimum Gasteiger partial charge on any atom is -0.309 e. The van der Waals surface area contributed by atoms with Crippen LogP contribution in [0.2, 0.25) is 0 Å². The summed E-state index contributed by atoms with van der Waals surface area (Å²) in [7, 11) is 0. The Morgan fingerprint density at radius 2 is 0.984 bits per heavy atom. The highest BCUT2D eigenvalue weighted by atomic mass is 32.1. The molecule has 0 amide bonds. The van der Waals surface area contributed by atoms with Crippen LogP contribution in [0.25, 0.3) is 121 Å². The monoisotopic (exact) mass is 823 g/mol. The maximum atomic E-state index is 5.34. The molecule has 0 spiro atoms. The summed E-state index contributed by atoms with van der Waals surface area (Å²) in [6.07, 6.45) is 1.89. The Morgan fingerprint density at radius 3 is 1.75 bits per heavy atom. The van der Waals surface area contributed by atoms with Gasteiger partial charge >= 0.3 is 0 Å². The normalized spacial score (nSPS) is 11.8. The molecule has 0 N–H and O–H groups in total. The number of para-hydroxylation sites is 2. The second-order valence-electron chi connectivity index (χ2n) is 15.7. The molecule has 294 valence electrons. The van der Waals surface area contributed by atoms with Crippen molar-refractivity contribution in [2.24, 2.45) is 0 Å². The third kappa shape index (κ3) is 5.69. The van der Waals surface area contributed by atoms with Crippen LogP contribution in [0.1, 0.15) is 0 Å². The fourth-order valence-corrected chi connectivity index (χ4v) is 10.3. The molecule has 0 aliphatic heterocycles. The van der Waals surface area contributed by atoms with E-state index >= 15 is 0 Å². The van der Waals surface area contributed by atoms with Gasteiger partial charge < -0.3 is 4.57 Å². The number of thiophene rings is 1. The van der Waals surface area contributed by atoms with Gasteiger partial charge in [0.15, 0.2) is 17.5 Å². The first kappa shape index (κ1) is 35.4. The fourth-order valence-electron chi connectivity index (χ4n) is 9.22. The zero-order chi connectivity index (χ0) is 41.4. The van der Waals surface area contributed by atoms with E-state index in [2.05, 4.69) is 137 Å². The molecule has 0 radical (unpaired) electrons. The second kappa shape index (κ2) is 14.1. The Bertz CT molecular complexity index is 3870. The maximum absolute atomic E-state index is 5.34. The Hall–Kier alpha value is -8.33. The minimum absolute atomic E-state index is 0.608. The number of nitrogens with zero attached hydrogens (tertiary/aromatic N) is 7. The average Bonchev–Trinajstić information content (AvgIpc) is 4.02. The molecule has 0 fully saturated rings. The van der Waals surface area contributed by atoms with Crippen molar-refractivity contribution >= 4 is 75.1 Å². The average molecular weight is 824 g/mol.